The van der Waals surface area contributed by atoms with Crippen molar-refractivity contribution in [3.05, 3.63) is 57.0 Å². The maximum Gasteiger partial charge on any atom is 0.335 e. The summed E-state index contributed by atoms with van der Waals surface area (Å²) in [5, 5.41) is 9.62. The fourth-order valence-corrected chi connectivity index (χ4v) is 3.61. The molecule has 0 amide bonds. The summed E-state index contributed by atoms with van der Waals surface area (Å²) in [4.78, 5) is 30.6. The van der Waals surface area contributed by atoms with E-state index in [1.807, 2.05) is 6.07 Å². The third kappa shape index (κ3) is 3.64. The van der Waals surface area contributed by atoms with Crippen LogP contribution in [0.15, 0.2) is 34.2 Å². The third-order valence-electron chi connectivity index (χ3n) is 4.06. The molecule has 0 radical (unpaired) electrons. The molecule has 0 bridgehead atoms. The van der Waals surface area contributed by atoms with E-state index in [-0.39, 0.29) is 11.1 Å². The number of aromatic amines is 1. The predicted octanol–water partition coefficient (Wildman–Crippen LogP) is 2.89. The third-order valence-corrected chi connectivity index (χ3v) is 5.00. The quantitative estimate of drug-likeness (QED) is 0.665. The van der Waals surface area contributed by atoms with E-state index in [2.05, 4.69) is 16.9 Å². The number of carboxylic acids is 1. The standard InChI is InChI=1S/C17H18N2O3S/c1-10-5-6-14-13(7-10)15(20)19-17(18-14)23-9-11-3-2-4-12(8-11)16(21)22/h2-4,8,10H,5-7,9H2,1H3,(H,21,22)(H,18,19,20). The Labute approximate surface area is 138 Å². The fourth-order valence-electron chi connectivity index (χ4n) is 2.79. The van der Waals surface area contributed by atoms with E-state index in [1.165, 1.54) is 11.8 Å². The zero-order valence-electron chi connectivity index (χ0n) is 12.8. The first-order valence-electron chi connectivity index (χ1n) is 7.60. The van der Waals surface area contributed by atoms with Crippen molar-refractivity contribution in [2.45, 2.75) is 37.1 Å². The van der Waals surface area contributed by atoms with Crippen LogP contribution in [-0.4, -0.2) is 21.0 Å². The fraction of sp³-hybridized carbons (Fsp3) is 0.353. The number of nitrogens with one attached hydrogen (secondary N) is 1. The molecule has 3 rings (SSSR count). The Kier molecular flexibility index (Phi) is 4.52. The molecular formula is C17H18N2O3S. The normalized spacial score (nSPS) is 16.8. The first-order valence-corrected chi connectivity index (χ1v) is 8.58. The molecule has 0 saturated heterocycles. The van der Waals surface area contributed by atoms with Crippen LogP contribution < -0.4 is 5.56 Å². The lowest BCUT2D eigenvalue weighted by molar-refractivity contribution is 0.0697. The highest BCUT2D eigenvalue weighted by Gasteiger charge is 2.20. The number of benzene rings is 1. The van der Waals surface area contributed by atoms with Gasteiger partial charge in [-0.1, -0.05) is 30.8 Å². The van der Waals surface area contributed by atoms with Crippen LogP contribution >= 0.6 is 11.8 Å². The van der Waals surface area contributed by atoms with Gasteiger partial charge < -0.3 is 10.1 Å². The molecule has 1 aromatic heterocycles. The molecular weight excluding hydrogens is 312 g/mol. The number of aromatic carboxylic acids is 1. The minimum Gasteiger partial charge on any atom is -0.478 e. The van der Waals surface area contributed by atoms with Crippen molar-refractivity contribution in [2.24, 2.45) is 5.92 Å². The maximum absolute atomic E-state index is 12.2. The van der Waals surface area contributed by atoms with Crippen molar-refractivity contribution < 1.29 is 9.90 Å². The van der Waals surface area contributed by atoms with Gasteiger partial charge in [-0.05, 0) is 42.9 Å². The minimum atomic E-state index is -0.939. The van der Waals surface area contributed by atoms with Crippen LogP contribution in [0.5, 0.6) is 0 Å². The number of hydrogen-bond acceptors (Lipinski definition) is 4. The van der Waals surface area contributed by atoms with Gasteiger partial charge in [0, 0.05) is 11.3 Å². The molecule has 2 N–H and O–H groups in total. The second-order valence-electron chi connectivity index (χ2n) is 5.94. The van der Waals surface area contributed by atoms with Gasteiger partial charge >= 0.3 is 5.97 Å². The van der Waals surface area contributed by atoms with Gasteiger partial charge in [-0.2, -0.15) is 0 Å². The summed E-state index contributed by atoms with van der Waals surface area (Å²) in [6, 6.07) is 6.81. The van der Waals surface area contributed by atoms with Crippen molar-refractivity contribution in [2.75, 3.05) is 0 Å². The van der Waals surface area contributed by atoms with Crippen LogP contribution in [0.4, 0.5) is 0 Å². The number of carboxylic acid groups (broad SMARTS) is 1. The Morgan fingerprint density at radius 3 is 3.09 bits per heavy atom. The predicted molar refractivity (Wildman–Crippen MR) is 89.0 cm³/mol. The van der Waals surface area contributed by atoms with Crippen LogP contribution in [0, 0.1) is 5.92 Å². The van der Waals surface area contributed by atoms with Crippen molar-refractivity contribution >= 4 is 17.7 Å². The molecule has 0 fully saturated rings. The van der Waals surface area contributed by atoms with Gasteiger partial charge in [0.25, 0.3) is 5.56 Å². The second kappa shape index (κ2) is 6.58. The molecule has 0 saturated carbocycles. The number of rotatable bonds is 4. The van der Waals surface area contributed by atoms with E-state index in [0.29, 0.717) is 16.8 Å². The van der Waals surface area contributed by atoms with Crippen LogP contribution in [0.1, 0.15) is 40.5 Å². The van der Waals surface area contributed by atoms with E-state index >= 15 is 0 Å². The molecule has 2 aromatic rings. The smallest absolute Gasteiger partial charge is 0.335 e. The van der Waals surface area contributed by atoms with Crippen LogP contribution in [0.25, 0.3) is 0 Å². The Bertz CT molecular complexity index is 801. The lowest BCUT2D eigenvalue weighted by atomic mass is 9.89. The second-order valence-corrected chi connectivity index (χ2v) is 6.90. The summed E-state index contributed by atoms with van der Waals surface area (Å²) in [7, 11) is 0. The number of fused-ring (bicyclic) bond motifs is 1. The van der Waals surface area contributed by atoms with E-state index in [0.717, 1.165) is 36.1 Å². The van der Waals surface area contributed by atoms with Gasteiger partial charge in [0.1, 0.15) is 0 Å². The highest BCUT2D eigenvalue weighted by atomic mass is 32.2. The van der Waals surface area contributed by atoms with E-state index in [1.54, 1.807) is 18.2 Å². The van der Waals surface area contributed by atoms with Gasteiger partial charge in [0.15, 0.2) is 5.16 Å². The van der Waals surface area contributed by atoms with Crippen molar-refractivity contribution in [3.8, 4) is 0 Å². The van der Waals surface area contributed by atoms with Crippen LogP contribution in [0.3, 0.4) is 0 Å². The number of aromatic nitrogens is 2. The van der Waals surface area contributed by atoms with Crippen molar-refractivity contribution in [1.82, 2.24) is 9.97 Å². The summed E-state index contributed by atoms with van der Waals surface area (Å²) in [6.45, 7) is 2.15. The molecule has 1 heterocycles. The number of carbonyl (C=O) groups is 1. The first kappa shape index (κ1) is 15.8. The lowest BCUT2D eigenvalue weighted by Gasteiger charge is -2.19. The number of hydrogen-bond donors (Lipinski definition) is 2. The molecule has 23 heavy (non-hydrogen) atoms. The first-order chi connectivity index (χ1) is 11.0. The molecule has 0 aliphatic heterocycles. The van der Waals surface area contributed by atoms with Gasteiger partial charge in [-0.25, -0.2) is 9.78 Å². The van der Waals surface area contributed by atoms with Crippen LogP contribution in [-0.2, 0) is 18.6 Å². The lowest BCUT2D eigenvalue weighted by Crippen LogP contribution is -2.24. The largest absolute Gasteiger partial charge is 0.478 e. The van der Waals surface area contributed by atoms with E-state index in [4.69, 9.17) is 5.11 Å². The number of thioether (sulfide) groups is 1. The van der Waals surface area contributed by atoms with Gasteiger partial charge in [-0.3, -0.25) is 4.79 Å². The molecule has 1 atom stereocenters. The summed E-state index contributed by atoms with van der Waals surface area (Å²) >= 11 is 1.42. The molecule has 1 aromatic carbocycles. The highest BCUT2D eigenvalue weighted by molar-refractivity contribution is 7.98. The number of H-pyrrole nitrogens is 1. The summed E-state index contributed by atoms with van der Waals surface area (Å²) < 4.78 is 0. The molecule has 1 aliphatic rings. The van der Waals surface area contributed by atoms with Crippen LogP contribution in [0.2, 0.25) is 0 Å². The van der Waals surface area contributed by atoms with E-state index < -0.39 is 5.97 Å². The maximum atomic E-state index is 12.2. The topological polar surface area (TPSA) is 83.0 Å². The Morgan fingerprint density at radius 2 is 2.30 bits per heavy atom. The molecule has 6 heteroatoms. The Hall–Kier alpha value is -2.08. The monoisotopic (exact) mass is 330 g/mol. The average molecular weight is 330 g/mol. The Morgan fingerprint density at radius 1 is 1.48 bits per heavy atom. The summed E-state index contributed by atoms with van der Waals surface area (Å²) in [5.74, 6) is 0.160. The summed E-state index contributed by atoms with van der Waals surface area (Å²) in [5.41, 5.74) is 2.85. The number of nitrogens with zero attached hydrogens (tertiary/aromatic N) is 1. The number of aryl methyl sites for hydroxylation is 1. The SMILES string of the molecule is CC1CCc2nc(SCc3cccc(C(=O)O)c3)[nH]c(=O)c2C1. The van der Waals surface area contributed by atoms with Gasteiger partial charge in [-0.15, -0.1) is 0 Å². The molecule has 1 unspecified atom stereocenters. The molecule has 0 spiro atoms. The zero-order valence-corrected chi connectivity index (χ0v) is 13.7. The van der Waals surface area contributed by atoms with Gasteiger partial charge in [0.2, 0.25) is 0 Å². The van der Waals surface area contributed by atoms with Crippen molar-refractivity contribution in [1.29, 1.82) is 0 Å². The zero-order chi connectivity index (χ0) is 16.4. The minimum absolute atomic E-state index is 0.0386. The van der Waals surface area contributed by atoms with E-state index in [9.17, 15) is 9.59 Å². The molecule has 120 valence electrons. The van der Waals surface area contributed by atoms with Crippen molar-refractivity contribution in [3.63, 3.8) is 0 Å². The molecule has 5 nitrogen and oxygen atoms in total. The van der Waals surface area contributed by atoms with Gasteiger partial charge in [0.05, 0.1) is 11.3 Å². The average Bonchev–Trinajstić information content (AvgIpc) is 2.54. The highest BCUT2D eigenvalue weighted by Crippen LogP contribution is 2.24. The molecule has 1 aliphatic carbocycles. The Balaban J connectivity index is 1.76. The summed E-state index contributed by atoms with van der Waals surface area (Å²) in [6.07, 6.45) is 2.71.